The first-order valence-electron chi connectivity index (χ1n) is 0. The van der Waals surface area contributed by atoms with Crippen LogP contribution in [0.2, 0.25) is 0 Å². The molecule has 0 N–H and O–H groups in total. The molecule has 0 amide bonds. The summed E-state index contributed by atoms with van der Waals surface area (Å²) in [5, 5.41) is 0. The Balaban J connectivity index is 0. The molecular weight excluding hydrogens is 1040 g/mol. The average Bonchev–Trinajstić information content (AvgIpc) is 0. The van der Waals surface area contributed by atoms with Crippen LogP contribution in [0.25, 0.3) is 0 Å². The van der Waals surface area contributed by atoms with E-state index < -0.39 is 0 Å². The zero-order valence-corrected chi connectivity index (χ0v) is 33.1. The predicted octanol–water partition coefficient (Wildman–Crippen LogP) is -9.31. The Morgan fingerprint density at radius 3 is 0.250 bits per heavy atom. The maximum absolute atomic E-state index is 0. The van der Waals surface area contributed by atoms with Crippen molar-refractivity contribution in [1.82, 2.24) is 0 Å². The summed E-state index contributed by atoms with van der Waals surface area (Å²) < 4.78 is 0. The van der Waals surface area contributed by atoms with Gasteiger partial charge in [0.25, 0.3) is 0 Å². The van der Waals surface area contributed by atoms with Crippen molar-refractivity contribution < 1.29 is 0 Å². The Hall–Kier alpha value is 8.10. The second kappa shape index (κ2) is 172. The molecule has 0 atom stereocenters. The zero-order chi connectivity index (χ0) is 0. The van der Waals surface area contributed by atoms with Gasteiger partial charge in [0.1, 0.15) is 0 Å². The predicted molar refractivity (Wildman–Crippen MR) is 109 cm³/mol. The van der Waals surface area contributed by atoms with Crippen molar-refractivity contribution in [3.05, 3.63) is 0 Å². The van der Waals surface area contributed by atoms with Gasteiger partial charge < -0.3 is 126 Å². The molecule has 0 aliphatic carbocycles. The number of hydrogen-bond acceptors (Lipinski definition) is 0. The first-order chi connectivity index (χ1) is 0. The van der Waals surface area contributed by atoms with Crippen LogP contribution in [0.3, 0.4) is 0 Å². The summed E-state index contributed by atoms with van der Waals surface area (Å²) >= 11 is 0. The second-order valence-electron chi connectivity index (χ2n) is 0. The third-order valence-corrected chi connectivity index (χ3v) is 0. The van der Waals surface area contributed by atoms with Crippen LogP contribution < -0.4 is 0 Å². The molecule has 0 aromatic rings. The quantitative estimate of drug-likeness (QED) is 0.212. The molecule has 0 aromatic carbocycles. The van der Waals surface area contributed by atoms with E-state index >= 15 is 0 Å². The zero-order valence-electron chi connectivity index (χ0n) is 6.36. The normalized spacial score (nSPS) is 0. The van der Waals surface area contributed by atoms with E-state index in [2.05, 4.69) is 0 Å². The summed E-state index contributed by atoms with van der Waals surface area (Å²) in [6, 6.07) is 0. The Bertz CT molecular complexity index is 30.1. The molecule has 0 saturated carbocycles. The first-order valence-corrected chi connectivity index (χ1v) is 0. The third kappa shape index (κ3) is 150. The van der Waals surface area contributed by atoms with Crippen molar-refractivity contribution in [1.29, 1.82) is 0 Å². The smallest absolute Gasteiger partial charge is 3.00 e. The van der Waals surface area contributed by atoms with Crippen molar-refractivity contribution in [2.24, 2.45) is 0 Å². The standard InChI is InChI=1S/7As.3Ga.3Ge.3H4Si/h;;;;;;;;;;;;;3*1H4/q7*-3;3*+3;3*+4;;;. The van der Waals surface area contributed by atoms with Crippen LogP contribution >= 0.6 is 0 Å². The Morgan fingerprint density at radius 1 is 0.250 bits per heavy atom. The number of hydrogen-bond donors (Lipinski definition) is 0. The Kier molecular flexibility index (Phi) is 2110. The van der Waals surface area contributed by atoms with Gasteiger partial charge in [-0.2, -0.15) is 0 Å². The molecule has 16 heteroatoms. The van der Waals surface area contributed by atoms with Crippen LogP contribution in [0.4, 0.5) is 0 Å². The fraction of sp³-hybridized carbons (Fsp3) is 0. The van der Waals surface area contributed by atoms with Crippen LogP contribution in [0.15, 0.2) is 0 Å². The van der Waals surface area contributed by atoms with Crippen LogP contribution in [-0.2, 0) is 0 Å². The van der Waals surface area contributed by atoms with Gasteiger partial charge >= 0.3 is 112 Å². The van der Waals surface area contributed by atoms with Gasteiger partial charge in [-0.25, -0.2) is 0 Å². The largest absolute Gasteiger partial charge is 4.00 e. The third-order valence-electron chi connectivity index (χ3n) is 0. The average molecular weight is 1050 g/mol. The molecule has 0 saturated heterocycles. The van der Waals surface area contributed by atoms with Crippen molar-refractivity contribution in [2.45, 2.75) is 0 Å². The molecule has 0 rings (SSSR count). The molecule has 0 bridgehead atoms. The van der Waals surface area contributed by atoms with Gasteiger partial charge in [0.2, 0.25) is 0 Å². The maximum Gasteiger partial charge on any atom is 4.00 e. The SMILES string of the molecule is [As-3].[As-3].[As-3].[As-3].[As-3].[As-3].[As-3].[Ga+3].[Ga+3].[Ga+3].[Ge+4].[Ge+4].[Ge+4].[SiH4].[SiH4].[SiH4]. The summed E-state index contributed by atoms with van der Waals surface area (Å²) in [6.45, 7) is 0. The van der Waals surface area contributed by atoms with Crippen LogP contribution in [-0.4, -0.2) is 271 Å². The second-order valence-corrected chi connectivity index (χ2v) is 0. The monoisotopic (exact) mass is 1050 g/mol. The van der Waals surface area contributed by atoms with Crippen LogP contribution in [0.5, 0.6) is 0 Å². The first kappa shape index (κ1) is 196. The maximum atomic E-state index is 0. The molecule has 0 radical (unpaired) electrons. The van der Waals surface area contributed by atoms with Gasteiger partial charge in [-0.15, -0.1) is 0 Å². The van der Waals surface area contributed by atoms with Gasteiger partial charge in [0, 0.05) is 0 Å². The van der Waals surface area contributed by atoms with E-state index in [1.165, 1.54) is 0 Å². The molecule has 0 aromatic heterocycles. The van der Waals surface area contributed by atoms with E-state index in [-0.39, 0.29) is 271 Å². The molecule has 0 spiro atoms. The molecular formula is H12As7Ga3Ge3Si3. The van der Waals surface area contributed by atoms with E-state index in [1.807, 2.05) is 0 Å². The molecule has 0 unspecified atom stereocenters. The summed E-state index contributed by atoms with van der Waals surface area (Å²) in [5.74, 6) is 0. The van der Waals surface area contributed by atoms with Crippen molar-refractivity contribution in [3.63, 3.8) is 0 Å². The summed E-state index contributed by atoms with van der Waals surface area (Å²) in [5.41, 5.74) is 0. The van der Waals surface area contributed by atoms with E-state index in [9.17, 15) is 0 Å². The van der Waals surface area contributed by atoms with Gasteiger partial charge in [-0.3, -0.25) is 0 Å². The van der Waals surface area contributed by atoms with Crippen molar-refractivity contribution in [3.8, 4) is 0 Å². The van der Waals surface area contributed by atoms with E-state index in [4.69, 9.17) is 0 Å². The van der Waals surface area contributed by atoms with Crippen molar-refractivity contribution in [2.75, 3.05) is 0 Å². The van der Waals surface area contributed by atoms with Gasteiger partial charge in [-0.05, 0) is 32.9 Å². The van der Waals surface area contributed by atoms with Crippen LogP contribution in [0, 0.1) is 0 Å². The molecule has 16 heavy (non-hydrogen) atoms. The summed E-state index contributed by atoms with van der Waals surface area (Å²) in [4.78, 5) is 0. The van der Waals surface area contributed by atoms with Gasteiger partial charge in [0.05, 0.1) is 0 Å². The van der Waals surface area contributed by atoms with Crippen molar-refractivity contribution >= 4 is 271 Å². The fourth-order valence-electron chi connectivity index (χ4n) is 0. The number of rotatable bonds is 0. The molecule has 80 valence electrons. The molecule has 0 aliphatic heterocycles. The van der Waals surface area contributed by atoms with E-state index in [1.54, 1.807) is 0 Å². The minimum absolute atomic E-state index is 0. The summed E-state index contributed by atoms with van der Waals surface area (Å²) in [7, 11) is 0. The fourth-order valence-corrected chi connectivity index (χ4v) is 0. The minimum Gasteiger partial charge on any atom is -3.00 e. The molecule has 0 fully saturated rings. The van der Waals surface area contributed by atoms with Gasteiger partial charge in [-0.1, -0.05) is 0 Å². The Labute approximate surface area is 265 Å². The molecule has 0 heterocycles. The topological polar surface area (TPSA) is 0 Å². The van der Waals surface area contributed by atoms with E-state index in [0.29, 0.717) is 0 Å². The van der Waals surface area contributed by atoms with Gasteiger partial charge in [0.15, 0.2) is 0 Å². The summed E-state index contributed by atoms with van der Waals surface area (Å²) in [6.07, 6.45) is 0. The molecule has 0 aliphatic rings. The molecule has 0 nitrogen and oxygen atoms in total. The van der Waals surface area contributed by atoms with E-state index in [0.717, 1.165) is 0 Å². The minimum atomic E-state index is 0. The Morgan fingerprint density at radius 2 is 0.250 bits per heavy atom. The van der Waals surface area contributed by atoms with Crippen LogP contribution in [0.1, 0.15) is 0 Å².